The molecule has 0 saturated carbocycles. The Labute approximate surface area is 162 Å². The molecule has 0 bridgehead atoms. The van der Waals surface area contributed by atoms with Crippen LogP contribution in [0.1, 0.15) is 37.3 Å². The number of hydrogen-bond donors (Lipinski definition) is 0. The van der Waals surface area contributed by atoms with Gasteiger partial charge < -0.3 is 4.90 Å². The normalized spacial score (nSPS) is 16.5. The highest BCUT2D eigenvalue weighted by Crippen LogP contribution is 2.39. The molecule has 0 amide bonds. The second kappa shape index (κ2) is 9.17. The van der Waals surface area contributed by atoms with Crippen LogP contribution in [0.4, 0.5) is 0 Å². The Kier molecular flexibility index (Phi) is 7.23. The zero-order chi connectivity index (χ0) is 16.8. The van der Waals surface area contributed by atoms with Crippen LogP contribution in [0.5, 0.6) is 0 Å². The van der Waals surface area contributed by atoms with Gasteiger partial charge in [0.2, 0.25) is 0 Å². The summed E-state index contributed by atoms with van der Waals surface area (Å²) in [7, 11) is 0. The van der Waals surface area contributed by atoms with Crippen molar-refractivity contribution in [3.8, 4) is 6.07 Å². The van der Waals surface area contributed by atoms with E-state index in [1.807, 2.05) is 36.4 Å². The van der Waals surface area contributed by atoms with Crippen molar-refractivity contribution in [1.82, 2.24) is 4.90 Å². The third-order valence-electron chi connectivity index (χ3n) is 5.35. The first-order valence-electron chi connectivity index (χ1n) is 9.02. The minimum atomic E-state index is -0.597. The summed E-state index contributed by atoms with van der Waals surface area (Å²) in [4.78, 5) is 2.53. The quantitative estimate of drug-likeness (QED) is 0.691. The molecule has 1 heterocycles. The van der Waals surface area contributed by atoms with Gasteiger partial charge in [-0.1, -0.05) is 74.0 Å². The van der Waals surface area contributed by atoms with Crippen LogP contribution in [0, 0.1) is 17.2 Å². The molecule has 2 nitrogen and oxygen atoms in total. The lowest BCUT2D eigenvalue weighted by molar-refractivity contribution is 0.182. The van der Waals surface area contributed by atoms with Gasteiger partial charge in [-0.05, 0) is 43.0 Å². The second-order valence-electron chi connectivity index (χ2n) is 6.91. The van der Waals surface area contributed by atoms with Crippen molar-refractivity contribution >= 4 is 17.0 Å². The minimum absolute atomic E-state index is 0. The number of likely N-dealkylation sites (tertiary alicyclic amines) is 1. The molecule has 1 saturated heterocycles. The molecular formula is C22H27BrN2. The molecule has 3 rings (SSSR count). The highest BCUT2D eigenvalue weighted by molar-refractivity contribution is 8.93. The topological polar surface area (TPSA) is 27.0 Å². The fourth-order valence-corrected chi connectivity index (χ4v) is 4.04. The Morgan fingerprint density at radius 1 is 0.920 bits per heavy atom. The first-order valence-corrected chi connectivity index (χ1v) is 9.02. The predicted molar refractivity (Wildman–Crippen MR) is 109 cm³/mol. The monoisotopic (exact) mass is 398 g/mol. The first-order chi connectivity index (χ1) is 11.8. The number of nitriles is 1. The van der Waals surface area contributed by atoms with Crippen LogP contribution in [-0.2, 0) is 5.41 Å². The predicted octanol–water partition coefficient (Wildman–Crippen LogP) is 5.20. The lowest BCUT2D eigenvalue weighted by Gasteiger charge is -2.38. The van der Waals surface area contributed by atoms with E-state index in [-0.39, 0.29) is 22.9 Å². The Balaban J connectivity index is 0.00000225. The molecule has 2 aromatic carbocycles. The van der Waals surface area contributed by atoms with E-state index in [9.17, 15) is 5.26 Å². The number of nitrogens with zero attached hydrogens (tertiary/aromatic N) is 2. The van der Waals surface area contributed by atoms with E-state index in [1.165, 1.54) is 19.3 Å². The van der Waals surface area contributed by atoms with Crippen molar-refractivity contribution in [2.45, 2.75) is 31.6 Å². The highest BCUT2D eigenvalue weighted by atomic mass is 79.9. The van der Waals surface area contributed by atoms with Crippen molar-refractivity contribution in [2.24, 2.45) is 5.92 Å². The molecule has 0 N–H and O–H groups in total. The summed E-state index contributed by atoms with van der Waals surface area (Å²) >= 11 is 0. The summed E-state index contributed by atoms with van der Waals surface area (Å²) in [5.74, 6) is 0.227. The molecule has 1 atom stereocenters. The maximum Gasteiger partial charge on any atom is 0.111 e. The van der Waals surface area contributed by atoms with E-state index in [1.54, 1.807) is 0 Å². The van der Waals surface area contributed by atoms with Crippen molar-refractivity contribution in [1.29, 1.82) is 5.26 Å². The van der Waals surface area contributed by atoms with Gasteiger partial charge in [0.25, 0.3) is 0 Å². The molecular weight excluding hydrogens is 372 g/mol. The van der Waals surface area contributed by atoms with Gasteiger partial charge in [0.15, 0.2) is 0 Å². The van der Waals surface area contributed by atoms with E-state index in [2.05, 4.69) is 42.2 Å². The summed E-state index contributed by atoms with van der Waals surface area (Å²) < 4.78 is 0. The van der Waals surface area contributed by atoms with Gasteiger partial charge in [-0.25, -0.2) is 0 Å². The van der Waals surface area contributed by atoms with Crippen molar-refractivity contribution in [3.63, 3.8) is 0 Å². The lowest BCUT2D eigenvalue weighted by Crippen LogP contribution is -2.42. The van der Waals surface area contributed by atoms with Crippen LogP contribution >= 0.6 is 17.0 Å². The number of hydrogen-bond acceptors (Lipinski definition) is 2. The van der Waals surface area contributed by atoms with E-state index >= 15 is 0 Å². The molecule has 132 valence electrons. The maximum absolute atomic E-state index is 10.3. The molecule has 25 heavy (non-hydrogen) atoms. The standard InChI is InChI=1S/C22H26N2.BrH/c1-19(17-24-15-9-4-10-16-24)22(18-23,20-11-5-2-6-12-20)21-13-7-3-8-14-21;/h2-3,5-8,11-14,19H,4,9-10,15-17H2,1H3;1H. The fraction of sp³-hybridized carbons (Fsp3) is 0.409. The SMILES string of the molecule is Br.CC(CN1CCCCC1)C(C#N)(c1ccccc1)c1ccccc1. The van der Waals surface area contributed by atoms with Gasteiger partial charge in [0.1, 0.15) is 5.41 Å². The molecule has 0 aliphatic carbocycles. The van der Waals surface area contributed by atoms with Crippen LogP contribution in [0.25, 0.3) is 0 Å². The maximum atomic E-state index is 10.3. The Morgan fingerprint density at radius 2 is 1.40 bits per heavy atom. The van der Waals surface area contributed by atoms with Gasteiger partial charge in [-0.15, -0.1) is 17.0 Å². The number of rotatable bonds is 5. The molecule has 1 aliphatic heterocycles. The third kappa shape index (κ3) is 4.14. The number of benzene rings is 2. The average Bonchev–Trinajstić information content (AvgIpc) is 2.65. The van der Waals surface area contributed by atoms with Crippen LogP contribution in [0.2, 0.25) is 0 Å². The summed E-state index contributed by atoms with van der Waals surface area (Å²) in [6, 6.07) is 23.3. The minimum Gasteiger partial charge on any atom is -0.303 e. The molecule has 1 fully saturated rings. The van der Waals surface area contributed by atoms with Crippen LogP contribution in [0.3, 0.4) is 0 Å². The van der Waals surface area contributed by atoms with E-state index in [0.29, 0.717) is 0 Å². The molecule has 0 aromatic heterocycles. The Hall–Kier alpha value is -1.63. The fourth-order valence-electron chi connectivity index (χ4n) is 4.04. The van der Waals surface area contributed by atoms with Crippen LogP contribution < -0.4 is 0 Å². The largest absolute Gasteiger partial charge is 0.303 e. The van der Waals surface area contributed by atoms with Crippen molar-refractivity contribution in [3.05, 3.63) is 71.8 Å². The summed E-state index contributed by atoms with van der Waals surface area (Å²) in [5, 5.41) is 10.3. The van der Waals surface area contributed by atoms with E-state index in [4.69, 9.17) is 0 Å². The second-order valence-corrected chi connectivity index (χ2v) is 6.91. The van der Waals surface area contributed by atoms with Crippen molar-refractivity contribution in [2.75, 3.05) is 19.6 Å². The zero-order valence-electron chi connectivity index (χ0n) is 14.9. The molecule has 0 radical (unpaired) electrons. The van der Waals surface area contributed by atoms with Crippen LogP contribution in [0.15, 0.2) is 60.7 Å². The molecule has 0 spiro atoms. The van der Waals surface area contributed by atoms with E-state index in [0.717, 1.165) is 30.8 Å². The van der Waals surface area contributed by atoms with Gasteiger partial charge in [0.05, 0.1) is 6.07 Å². The van der Waals surface area contributed by atoms with E-state index < -0.39 is 5.41 Å². The molecule has 1 aliphatic rings. The highest BCUT2D eigenvalue weighted by Gasteiger charge is 2.40. The lowest BCUT2D eigenvalue weighted by atomic mass is 9.67. The van der Waals surface area contributed by atoms with Gasteiger partial charge >= 0.3 is 0 Å². The summed E-state index contributed by atoms with van der Waals surface area (Å²) in [6.07, 6.45) is 3.90. The number of piperidine rings is 1. The van der Waals surface area contributed by atoms with Crippen molar-refractivity contribution < 1.29 is 0 Å². The third-order valence-corrected chi connectivity index (χ3v) is 5.35. The van der Waals surface area contributed by atoms with Crippen LogP contribution in [-0.4, -0.2) is 24.5 Å². The van der Waals surface area contributed by atoms with Gasteiger partial charge in [-0.3, -0.25) is 0 Å². The molecule has 1 unspecified atom stereocenters. The summed E-state index contributed by atoms with van der Waals surface area (Å²) in [6.45, 7) is 5.53. The van der Waals surface area contributed by atoms with Gasteiger partial charge in [-0.2, -0.15) is 5.26 Å². The first kappa shape index (κ1) is 19.7. The van der Waals surface area contributed by atoms with Gasteiger partial charge in [0, 0.05) is 6.54 Å². The number of halogens is 1. The Morgan fingerprint density at radius 3 is 1.84 bits per heavy atom. The molecule has 3 heteroatoms. The zero-order valence-corrected chi connectivity index (χ0v) is 16.6. The molecule has 2 aromatic rings. The summed E-state index contributed by atoms with van der Waals surface area (Å²) in [5.41, 5.74) is 1.60. The Bertz CT molecular complexity index is 633. The smallest absolute Gasteiger partial charge is 0.111 e. The average molecular weight is 399 g/mol.